The average molecular weight is 264 g/mol. The molecule has 6 heteroatoms. The predicted octanol–water partition coefficient (Wildman–Crippen LogP) is 2.64. The molecule has 94 valence electrons. The summed E-state index contributed by atoms with van der Waals surface area (Å²) in [6, 6.07) is 3.79. The molecule has 2 aromatic rings. The Labute approximate surface area is 111 Å². The van der Waals surface area contributed by atoms with Gasteiger partial charge in [0, 0.05) is 20.3 Å². The molecule has 1 N–H and O–H groups in total. The first-order valence-corrected chi connectivity index (χ1v) is 5.84. The van der Waals surface area contributed by atoms with Crippen molar-refractivity contribution in [2.45, 2.75) is 6.92 Å². The van der Waals surface area contributed by atoms with Crippen molar-refractivity contribution >= 4 is 28.9 Å². The Bertz CT molecular complexity index is 556. The molecule has 0 aliphatic carbocycles. The van der Waals surface area contributed by atoms with Gasteiger partial charge in [-0.2, -0.15) is 0 Å². The van der Waals surface area contributed by atoms with Crippen LogP contribution in [0, 0.1) is 6.92 Å². The van der Waals surface area contributed by atoms with E-state index in [-0.39, 0.29) is 0 Å². The number of nitrogens with zero attached hydrogens (tertiary/aromatic N) is 4. The van der Waals surface area contributed by atoms with Crippen molar-refractivity contribution in [1.82, 2.24) is 15.0 Å². The van der Waals surface area contributed by atoms with E-state index < -0.39 is 0 Å². The highest BCUT2D eigenvalue weighted by atomic mass is 35.5. The standard InChI is InChI=1S/C12H14ClN5/c1-8-15-7-9(13)11(16-8)17-10-5-4-6-14-12(10)18(2)3/h4-7H,1-3H3,(H,15,16,17). The van der Waals surface area contributed by atoms with Gasteiger partial charge in [-0.05, 0) is 19.1 Å². The lowest BCUT2D eigenvalue weighted by Gasteiger charge is -2.16. The summed E-state index contributed by atoms with van der Waals surface area (Å²) in [5.74, 6) is 2.07. The summed E-state index contributed by atoms with van der Waals surface area (Å²) in [6.45, 7) is 1.82. The van der Waals surface area contributed by atoms with E-state index in [9.17, 15) is 0 Å². The van der Waals surface area contributed by atoms with Gasteiger partial charge >= 0.3 is 0 Å². The molecule has 0 aliphatic heterocycles. The van der Waals surface area contributed by atoms with E-state index in [1.807, 2.05) is 38.1 Å². The van der Waals surface area contributed by atoms with E-state index in [1.54, 1.807) is 12.4 Å². The maximum absolute atomic E-state index is 6.06. The van der Waals surface area contributed by atoms with Crippen LogP contribution in [-0.4, -0.2) is 29.0 Å². The Hall–Kier alpha value is -1.88. The van der Waals surface area contributed by atoms with Crippen molar-refractivity contribution in [2.24, 2.45) is 0 Å². The minimum atomic E-state index is 0.481. The van der Waals surface area contributed by atoms with Crippen molar-refractivity contribution < 1.29 is 0 Å². The van der Waals surface area contributed by atoms with E-state index in [0.29, 0.717) is 16.7 Å². The SMILES string of the molecule is Cc1ncc(Cl)c(Nc2cccnc2N(C)C)n1. The molecule has 2 rings (SSSR count). The van der Waals surface area contributed by atoms with Gasteiger partial charge in [0.2, 0.25) is 0 Å². The van der Waals surface area contributed by atoms with E-state index in [2.05, 4.69) is 20.3 Å². The molecule has 0 fully saturated rings. The van der Waals surface area contributed by atoms with E-state index in [4.69, 9.17) is 11.6 Å². The molecule has 0 radical (unpaired) electrons. The monoisotopic (exact) mass is 263 g/mol. The normalized spacial score (nSPS) is 10.2. The van der Waals surface area contributed by atoms with Crippen molar-refractivity contribution in [3.05, 3.63) is 35.4 Å². The van der Waals surface area contributed by atoms with Gasteiger partial charge in [-0.1, -0.05) is 11.6 Å². The van der Waals surface area contributed by atoms with E-state index in [1.165, 1.54) is 0 Å². The van der Waals surface area contributed by atoms with Crippen LogP contribution in [-0.2, 0) is 0 Å². The molecule has 2 heterocycles. The van der Waals surface area contributed by atoms with E-state index >= 15 is 0 Å². The van der Waals surface area contributed by atoms with Crippen LogP contribution in [0.5, 0.6) is 0 Å². The smallest absolute Gasteiger partial charge is 0.153 e. The molecular weight excluding hydrogens is 250 g/mol. The number of hydrogen-bond acceptors (Lipinski definition) is 5. The second-order valence-electron chi connectivity index (χ2n) is 4.01. The highest BCUT2D eigenvalue weighted by Gasteiger charge is 2.09. The Balaban J connectivity index is 2.37. The molecule has 0 unspecified atom stereocenters. The number of rotatable bonds is 3. The summed E-state index contributed by atoms with van der Waals surface area (Å²) in [7, 11) is 3.86. The van der Waals surface area contributed by atoms with Gasteiger partial charge in [0.25, 0.3) is 0 Å². The summed E-state index contributed by atoms with van der Waals surface area (Å²) in [4.78, 5) is 14.5. The van der Waals surface area contributed by atoms with Gasteiger partial charge in [-0.15, -0.1) is 0 Å². The third-order valence-electron chi connectivity index (χ3n) is 2.33. The highest BCUT2D eigenvalue weighted by Crippen LogP contribution is 2.27. The second kappa shape index (κ2) is 5.18. The Morgan fingerprint density at radius 3 is 2.78 bits per heavy atom. The molecule has 0 aliphatic rings. The van der Waals surface area contributed by atoms with Gasteiger partial charge < -0.3 is 10.2 Å². The molecule has 18 heavy (non-hydrogen) atoms. The Morgan fingerprint density at radius 2 is 2.06 bits per heavy atom. The van der Waals surface area contributed by atoms with Gasteiger partial charge in [-0.3, -0.25) is 0 Å². The lowest BCUT2D eigenvalue weighted by molar-refractivity contribution is 1.05. The minimum Gasteiger partial charge on any atom is -0.361 e. The molecule has 0 bridgehead atoms. The number of aromatic nitrogens is 3. The van der Waals surface area contributed by atoms with Crippen LogP contribution < -0.4 is 10.2 Å². The van der Waals surface area contributed by atoms with Crippen LogP contribution in [0.1, 0.15) is 5.82 Å². The highest BCUT2D eigenvalue weighted by molar-refractivity contribution is 6.32. The quantitative estimate of drug-likeness (QED) is 0.923. The first-order chi connectivity index (χ1) is 8.58. The molecular formula is C12H14ClN5. The third kappa shape index (κ3) is 2.68. The zero-order chi connectivity index (χ0) is 13.1. The lowest BCUT2D eigenvalue weighted by atomic mass is 10.3. The summed E-state index contributed by atoms with van der Waals surface area (Å²) in [6.07, 6.45) is 3.32. The number of pyridine rings is 1. The van der Waals surface area contributed by atoms with Crippen molar-refractivity contribution in [2.75, 3.05) is 24.3 Å². The van der Waals surface area contributed by atoms with Crippen LogP contribution in [0.3, 0.4) is 0 Å². The lowest BCUT2D eigenvalue weighted by Crippen LogP contribution is -2.13. The summed E-state index contributed by atoms with van der Waals surface area (Å²) in [5.41, 5.74) is 0.850. The fraction of sp³-hybridized carbons (Fsp3) is 0.250. The molecule has 0 aromatic carbocycles. The zero-order valence-corrected chi connectivity index (χ0v) is 11.2. The molecule has 0 atom stereocenters. The molecule has 0 amide bonds. The fourth-order valence-electron chi connectivity index (χ4n) is 1.52. The molecule has 2 aromatic heterocycles. The number of hydrogen-bond donors (Lipinski definition) is 1. The molecule has 0 saturated heterocycles. The van der Waals surface area contributed by atoms with Gasteiger partial charge in [0.15, 0.2) is 11.6 Å². The van der Waals surface area contributed by atoms with Crippen LogP contribution in [0.4, 0.5) is 17.3 Å². The minimum absolute atomic E-state index is 0.481. The summed E-state index contributed by atoms with van der Waals surface area (Å²) >= 11 is 6.06. The average Bonchev–Trinajstić information content (AvgIpc) is 2.34. The first kappa shape index (κ1) is 12.6. The number of halogens is 1. The van der Waals surface area contributed by atoms with Gasteiger partial charge in [-0.25, -0.2) is 15.0 Å². The van der Waals surface area contributed by atoms with E-state index in [0.717, 1.165) is 11.5 Å². The van der Waals surface area contributed by atoms with Crippen LogP contribution >= 0.6 is 11.6 Å². The van der Waals surface area contributed by atoms with Gasteiger partial charge in [0.1, 0.15) is 10.8 Å². The van der Waals surface area contributed by atoms with Crippen LogP contribution in [0.15, 0.2) is 24.5 Å². The summed E-state index contributed by atoms with van der Waals surface area (Å²) < 4.78 is 0. The fourth-order valence-corrected chi connectivity index (χ4v) is 1.66. The number of nitrogens with one attached hydrogen (secondary N) is 1. The number of anilines is 3. The van der Waals surface area contributed by atoms with Crippen molar-refractivity contribution in [3.63, 3.8) is 0 Å². The maximum atomic E-state index is 6.06. The third-order valence-corrected chi connectivity index (χ3v) is 2.60. The molecule has 0 spiro atoms. The second-order valence-corrected chi connectivity index (χ2v) is 4.41. The molecule has 0 saturated carbocycles. The maximum Gasteiger partial charge on any atom is 0.153 e. The molecule has 5 nitrogen and oxygen atoms in total. The number of aryl methyl sites for hydroxylation is 1. The van der Waals surface area contributed by atoms with Gasteiger partial charge in [0.05, 0.1) is 11.9 Å². The predicted molar refractivity (Wildman–Crippen MR) is 73.6 cm³/mol. The zero-order valence-electron chi connectivity index (χ0n) is 10.5. The largest absolute Gasteiger partial charge is 0.361 e. The Morgan fingerprint density at radius 1 is 1.28 bits per heavy atom. The van der Waals surface area contributed by atoms with Crippen molar-refractivity contribution in [1.29, 1.82) is 0 Å². The van der Waals surface area contributed by atoms with Crippen molar-refractivity contribution in [3.8, 4) is 0 Å². The van der Waals surface area contributed by atoms with Crippen LogP contribution in [0.25, 0.3) is 0 Å². The topological polar surface area (TPSA) is 53.9 Å². The van der Waals surface area contributed by atoms with Crippen LogP contribution in [0.2, 0.25) is 5.02 Å². The first-order valence-electron chi connectivity index (χ1n) is 5.46. The summed E-state index contributed by atoms with van der Waals surface area (Å²) in [5, 5.41) is 3.66. The Kier molecular flexibility index (Phi) is 3.62.